The van der Waals surface area contributed by atoms with Gasteiger partial charge in [0.2, 0.25) is 0 Å². The third kappa shape index (κ3) is 3.88. The normalized spacial score (nSPS) is 12.5. The summed E-state index contributed by atoms with van der Waals surface area (Å²) in [7, 11) is 0. The van der Waals surface area contributed by atoms with E-state index < -0.39 is 5.63 Å². The topological polar surface area (TPSA) is 62.5 Å². The molecule has 3 rings (SSSR count). The van der Waals surface area contributed by atoms with Gasteiger partial charge in [0.1, 0.15) is 11.3 Å². The Morgan fingerprint density at radius 2 is 1.92 bits per heavy atom. The zero-order valence-corrected chi connectivity index (χ0v) is 16.0. The first-order valence-corrected chi connectivity index (χ1v) is 9.11. The molecule has 0 saturated heterocycles. The van der Waals surface area contributed by atoms with Crippen LogP contribution in [0.2, 0.25) is 10.0 Å². The summed E-state index contributed by atoms with van der Waals surface area (Å²) in [6.07, 6.45) is 0.685. The van der Waals surface area contributed by atoms with E-state index in [-0.39, 0.29) is 11.8 Å². The van der Waals surface area contributed by atoms with Crippen molar-refractivity contribution in [3.05, 3.63) is 73.6 Å². The zero-order chi connectivity index (χ0) is 18.8. The summed E-state index contributed by atoms with van der Waals surface area (Å²) in [5.74, 6) is 0.134. The minimum absolute atomic E-state index is 0.0372. The lowest BCUT2D eigenvalue weighted by molar-refractivity contribution is 0.466. The average Bonchev–Trinajstić information content (AvgIpc) is 2.58. The molecule has 1 heterocycles. The van der Waals surface area contributed by atoms with Gasteiger partial charge in [-0.15, -0.1) is 0 Å². The molecule has 0 aliphatic rings. The first kappa shape index (κ1) is 18.8. The van der Waals surface area contributed by atoms with Crippen LogP contribution >= 0.6 is 23.2 Å². The number of fused-ring (bicyclic) bond motifs is 1. The minimum atomic E-state index is -0.449. The van der Waals surface area contributed by atoms with Crippen LogP contribution < -0.4 is 10.9 Å². The van der Waals surface area contributed by atoms with Gasteiger partial charge in [0.25, 0.3) is 0 Å². The van der Waals surface area contributed by atoms with Crippen LogP contribution in [0, 0.1) is 0 Å². The molecule has 2 aromatic carbocycles. The van der Waals surface area contributed by atoms with Crippen LogP contribution in [-0.2, 0) is 13.0 Å². The van der Waals surface area contributed by atoms with E-state index in [1.54, 1.807) is 12.1 Å². The van der Waals surface area contributed by atoms with Gasteiger partial charge < -0.3 is 14.8 Å². The molecule has 0 aliphatic carbocycles. The summed E-state index contributed by atoms with van der Waals surface area (Å²) in [6, 6.07) is 10.2. The molecule has 26 heavy (non-hydrogen) atoms. The smallest absolute Gasteiger partial charge is 0.336 e. The Labute approximate surface area is 161 Å². The predicted octanol–water partition coefficient (Wildman–Crippen LogP) is 5.22. The lowest BCUT2D eigenvalue weighted by Gasteiger charge is -2.17. The van der Waals surface area contributed by atoms with E-state index in [1.807, 2.05) is 26.0 Å². The summed E-state index contributed by atoms with van der Waals surface area (Å²) in [4.78, 5) is 11.9. The number of aromatic hydroxyl groups is 1. The van der Waals surface area contributed by atoms with Crippen LogP contribution in [0.15, 0.2) is 45.6 Å². The lowest BCUT2D eigenvalue weighted by atomic mass is 10.0. The molecular weight excluding hydrogens is 373 g/mol. The molecule has 1 atom stereocenters. The molecule has 3 aromatic rings. The van der Waals surface area contributed by atoms with Crippen LogP contribution in [-0.4, -0.2) is 5.11 Å². The Morgan fingerprint density at radius 3 is 2.62 bits per heavy atom. The van der Waals surface area contributed by atoms with Gasteiger partial charge in [-0.25, -0.2) is 4.79 Å². The fourth-order valence-electron chi connectivity index (χ4n) is 2.96. The quantitative estimate of drug-likeness (QED) is 0.585. The molecule has 0 radical (unpaired) electrons. The summed E-state index contributed by atoms with van der Waals surface area (Å²) in [5, 5.41) is 15.4. The van der Waals surface area contributed by atoms with Crippen molar-refractivity contribution in [2.75, 3.05) is 0 Å². The number of phenols is 1. The average molecular weight is 392 g/mol. The van der Waals surface area contributed by atoms with Crippen molar-refractivity contribution >= 4 is 34.2 Å². The highest BCUT2D eigenvalue weighted by Crippen LogP contribution is 2.29. The lowest BCUT2D eigenvalue weighted by Crippen LogP contribution is -2.19. The highest BCUT2D eigenvalue weighted by Gasteiger charge is 2.13. The van der Waals surface area contributed by atoms with Crippen molar-refractivity contribution in [1.29, 1.82) is 0 Å². The standard InChI is InChI=1S/C20H19Cl2NO3/c1-3-12-6-16-13(7-20(25)26-19(16)9-18(12)24)10-23-11(2)15-5-4-14(21)8-17(15)22/h4-9,11,23-24H,3,10H2,1-2H3. The molecule has 0 fully saturated rings. The van der Waals surface area contributed by atoms with Crippen LogP contribution in [0.1, 0.15) is 36.6 Å². The first-order chi connectivity index (χ1) is 12.4. The van der Waals surface area contributed by atoms with Crippen LogP contribution in [0.5, 0.6) is 5.75 Å². The van der Waals surface area contributed by atoms with Gasteiger partial charge in [0.05, 0.1) is 0 Å². The molecule has 4 nitrogen and oxygen atoms in total. The number of hydrogen-bond donors (Lipinski definition) is 2. The second-order valence-electron chi connectivity index (χ2n) is 6.19. The molecule has 1 aromatic heterocycles. The summed E-state index contributed by atoms with van der Waals surface area (Å²) in [6.45, 7) is 4.41. The molecule has 0 bridgehead atoms. The Bertz CT molecular complexity index is 1010. The molecular formula is C20H19Cl2NO3. The molecule has 0 spiro atoms. The monoisotopic (exact) mass is 391 g/mol. The highest BCUT2D eigenvalue weighted by molar-refractivity contribution is 6.35. The van der Waals surface area contributed by atoms with Gasteiger partial charge in [0, 0.05) is 40.2 Å². The Kier molecular flexibility index (Phi) is 5.56. The summed E-state index contributed by atoms with van der Waals surface area (Å²) < 4.78 is 5.23. The maximum Gasteiger partial charge on any atom is 0.336 e. The third-order valence-corrected chi connectivity index (χ3v) is 5.00. The highest BCUT2D eigenvalue weighted by atomic mass is 35.5. The predicted molar refractivity (Wildman–Crippen MR) is 105 cm³/mol. The fourth-order valence-corrected chi connectivity index (χ4v) is 3.53. The zero-order valence-electron chi connectivity index (χ0n) is 14.5. The van der Waals surface area contributed by atoms with Gasteiger partial charge in [-0.2, -0.15) is 0 Å². The number of benzene rings is 2. The molecule has 6 heteroatoms. The second kappa shape index (κ2) is 7.70. The number of rotatable bonds is 5. The van der Waals surface area contributed by atoms with Crippen LogP contribution in [0.4, 0.5) is 0 Å². The number of halogens is 2. The maximum atomic E-state index is 11.9. The number of aryl methyl sites for hydroxylation is 1. The van der Waals surface area contributed by atoms with Crippen LogP contribution in [0.25, 0.3) is 11.0 Å². The molecule has 136 valence electrons. The van der Waals surface area contributed by atoms with E-state index >= 15 is 0 Å². The van der Waals surface area contributed by atoms with Crippen molar-refractivity contribution in [2.24, 2.45) is 0 Å². The number of hydrogen-bond acceptors (Lipinski definition) is 4. The molecule has 0 saturated carbocycles. The Hall–Kier alpha value is -2.01. The number of phenolic OH excluding ortho intramolecular Hbond substituents is 1. The minimum Gasteiger partial charge on any atom is -0.508 e. The van der Waals surface area contributed by atoms with Crippen molar-refractivity contribution in [3.63, 3.8) is 0 Å². The Balaban J connectivity index is 1.91. The van der Waals surface area contributed by atoms with E-state index in [9.17, 15) is 9.90 Å². The van der Waals surface area contributed by atoms with Gasteiger partial charge in [-0.1, -0.05) is 36.2 Å². The molecule has 0 aliphatic heterocycles. The van der Waals surface area contributed by atoms with Crippen molar-refractivity contribution in [3.8, 4) is 5.75 Å². The maximum absolute atomic E-state index is 11.9. The summed E-state index contributed by atoms with van der Waals surface area (Å²) in [5.41, 5.74) is 2.47. The van der Waals surface area contributed by atoms with E-state index in [4.69, 9.17) is 27.6 Å². The molecule has 1 unspecified atom stereocenters. The SMILES string of the molecule is CCc1cc2c(CNC(C)c3ccc(Cl)cc3Cl)cc(=O)oc2cc1O. The Morgan fingerprint density at radius 1 is 1.15 bits per heavy atom. The molecule has 2 N–H and O–H groups in total. The number of nitrogens with one attached hydrogen (secondary N) is 1. The van der Waals surface area contributed by atoms with Gasteiger partial charge in [-0.05, 0) is 48.2 Å². The van der Waals surface area contributed by atoms with E-state index in [0.29, 0.717) is 28.6 Å². The van der Waals surface area contributed by atoms with Gasteiger partial charge in [0.15, 0.2) is 0 Å². The van der Waals surface area contributed by atoms with E-state index in [2.05, 4.69) is 5.32 Å². The first-order valence-electron chi connectivity index (χ1n) is 8.36. The van der Waals surface area contributed by atoms with Crippen molar-refractivity contribution in [1.82, 2.24) is 5.32 Å². The van der Waals surface area contributed by atoms with E-state index in [1.165, 1.54) is 12.1 Å². The largest absolute Gasteiger partial charge is 0.508 e. The van der Waals surface area contributed by atoms with Crippen molar-refractivity contribution in [2.45, 2.75) is 32.9 Å². The van der Waals surface area contributed by atoms with Crippen LogP contribution in [0.3, 0.4) is 0 Å². The molecule has 0 amide bonds. The second-order valence-corrected chi connectivity index (χ2v) is 7.03. The summed E-state index contributed by atoms with van der Waals surface area (Å²) >= 11 is 12.2. The van der Waals surface area contributed by atoms with E-state index in [0.717, 1.165) is 22.1 Å². The van der Waals surface area contributed by atoms with Crippen molar-refractivity contribution < 1.29 is 9.52 Å². The third-order valence-electron chi connectivity index (χ3n) is 4.44. The van der Waals surface area contributed by atoms with Gasteiger partial charge in [-0.3, -0.25) is 0 Å². The van der Waals surface area contributed by atoms with Gasteiger partial charge >= 0.3 is 5.63 Å². The fraction of sp³-hybridized carbons (Fsp3) is 0.250.